The van der Waals surface area contributed by atoms with Gasteiger partial charge in [0.1, 0.15) is 0 Å². The standard InChI is InChI=1S/C16H26N4O2/c1-20(14-5-2-11(10-21)3-6-14)16(22)18-13-4-7-15-12(8-13)9-17-19-15/h9,11,13-14,21H,2-8,10H2,1H3,(H,17,19)(H,18,22). The Morgan fingerprint density at radius 2 is 2.18 bits per heavy atom. The molecule has 2 amide bonds. The summed E-state index contributed by atoms with van der Waals surface area (Å²) in [7, 11) is 1.89. The van der Waals surface area contributed by atoms with Gasteiger partial charge >= 0.3 is 6.03 Å². The van der Waals surface area contributed by atoms with Gasteiger partial charge in [-0.3, -0.25) is 5.10 Å². The van der Waals surface area contributed by atoms with E-state index in [1.54, 1.807) is 0 Å². The van der Waals surface area contributed by atoms with Gasteiger partial charge in [0.2, 0.25) is 0 Å². The van der Waals surface area contributed by atoms with Crippen molar-refractivity contribution in [3.05, 3.63) is 17.5 Å². The minimum atomic E-state index is 0.0318. The molecule has 1 atom stereocenters. The molecule has 1 saturated carbocycles. The molecule has 3 N–H and O–H groups in total. The summed E-state index contributed by atoms with van der Waals surface area (Å²) < 4.78 is 0. The van der Waals surface area contributed by atoms with E-state index in [0.717, 1.165) is 44.9 Å². The maximum atomic E-state index is 12.5. The highest BCUT2D eigenvalue weighted by Gasteiger charge is 2.28. The van der Waals surface area contributed by atoms with E-state index in [-0.39, 0.29) is 18.7 Å². The van der Waals surface area contributed by atoms with Gasteiger partial charge < -0.3 is 15.3 Å². The summed E-state index contributed by atoms with van der Waals surface area (Å²) in [5, 5.41) is 19.5. The number of aliphatic hydroxyl groups excluding tert-OH is 1. The number of amides is 2. The summed E-state index contributed by atoms with van der Waals surface area (Å²) in [6.07, 6.45) is 8.66. The van der Waals surface area contributed by atoms with Crippen LogP contribution in [0.15, 0.2) is 6.20 Å². The van der Waals surface area contributed by atoms with E-state index in [1.807, 2.05) is 18.1 Å². The molecule has 0 aromatic carbocycles. The van der Waals surface area contributed by atoms with Gasteiger partial charge in [-0.2, -0.15) is 5.10 Å². The lowest BCUT2D eigenvalue weighted by molar-refractivity contribution is 0.132. The molecule has 0 bridgehead atoms. The van der Waals surface area contributed by atoms with Gasteiger partial charge in [-0.15, -0.1) is 0 Å². The van der Waals surface area contributed by atoms with Crippen molar-refractivity contribution < 1.29 is 9.90 Å². The van der Waals surface area contributed by atoms with E-state index < -0.39 is 0 Å². The van der Waals surface area contributed by atoms with Crippen LogP contribution in [0.4, 0.5) is 4.79 Å². The fourth-order valence-electron chi connectivity index (χ4n) is 3.70. The highest BCUT2D eigenvalue weighted by molar-refractivity contribution is 5.74. The van der Waals surface area contributed by atoms with E-state index in [1.165, 1.54) is 11.3 Å². The monoisotopic (exact) mass is 306 g/mol. The van der Waals surface area contributed by atoms with Crippen LogP contribution in [0.3, 0.4) is 0 Å². The Morgan fingerprint density at radius 3 is 2.91 bits per heavy atom. The van der Waals surface area contributed by atoms with Crippen LogP contribution in [0.1, 0.15) is 43.4 Å². The molecule has 2 aliphatic rings. The van der Waals surface area contributed by atoms with Gasteiger partial charge in [-0.1, -0.05) is 0 Å². The number of rotatable bonds is 3. The molecule has 1 aromatic rings. The van der Waals surface area contributed by atoms with Crippen molar-refractivity contribution in [1.82, 2.24) is 20.4 Å². The Kier molecular flexibility index (Phi) is 4.66. The van der Waals surface area contributed by atoms with E-state index in [0.29, 0.717) is 12.0 Å². The average Bonchev–Trinajstić information content (AvgIpc) is 3.02. The van der Waals surface area contributed by atoms with E-state index in [2.05, 4.69) is 15.5 Å². The number of fused-ring (bicyclic) bond motifs is 1. The van der Waals surface area contributed by atoms with Gasteiger partial charge in [0, 0.05) is 31.4 Å². The molecule has 0 saturated heterocycles. The summed E-state index contributed by atoms with van der Waals surface area (Å²) in [6.45, 7) is 0.276. The Morgan fingerprint density at radius 1 is 1.41 bits per heavy atom. The molecule has 6 heteroatoms. The van der Waals surface area contributed by atoms with E-state index in [9.17, 15) is 9.90 Å². The van der Waals surface area contributed by atoms with Crippen molar-refractivity contribution in [2.75, 3.05) is 13.7 Å². The second kappa shape index (κ2) is 6.69. The highest BCUT2D eigenvalue weighted by atomic mass is 16.3. The number of hydrogen-bond donors (Lipinski definition) is 3. The maximum absolute atomic E-state index is 12.5. The molecular weight excluding hydrogens is 280 g/mol. The lowest BCUT2D eigenvalue weighted by atomic mass is 9.86. The number of nitrogens with zero attached hydrogens (tertiary/aromatic N) is 2. The first kappa shape index (κ1) is 15.3. The summed E-state index contributed by atoms with van der Waals surface area (Å²) in [5.41, 5.74) is 2.43. The fraction of sp³-hybridized carbons (Fsp3) is 0.750. The van der Waals surface area contributed by atoms with Crippen LogP contribution in [0.2, 0.25) is 0 Å². The predicted molar refractivity (Wildman–Crippen MR) is 83.5 cm³/mol. The third-order valence-corrected chi connectivity index (χ3v) is 5.29. The van der Waals surface area contributed by atoms with Gasteiger partial charge in [0.25, 0.3) is 0 Å². The number of hydrogen-bond acceptors (Lipinski definition) is 3. The average molecular weight is 306 g/mol. The first-order chi connectivity index (χ1) is 10.7. The number of carbonyl (C=O) groups is 1. The highest BCUT2D eigenvalue weighted by Crippen LogP contribution is 2.27. The van der Waals surface area contributed by atoms with E-state index in [4.69, 9.17) is 0 Å². The number of aromatic amines is 1. The van der Waals surface area contributed by atoms with Gasteiger partial charge in [0.05, 0.1) is 6.20 Å². The molecule has 0 aliphatic heterocycles. The van der Waals surface area contributed by atoms with Gasteiger partial charge in [-0.05, 0) is 56.4 Å². The van der Waals surface area contributed by atoms with Gasteiger partial charge in [-0.25, -0.2) is 4.79 Å². The minimum absolute atomic E-state index is 0.0318. The van der Waals surface area contributed by atoms with Crippen LogP contribution in [-0.4, -0.2) is 52.0 Å². The second-order valence-electron chi connectivity index (χ2n) is 6.73. The second-order valence-corrected chi connectivity index (χ2v) is 6.73. The number of aromatic nitrogens is 2. The quantitative estimate of drug-likeness (QED) is 0.791. The first-order valence-electron chi connectivity index (χ1n) is 8.32. The summed E-state index contributed by atoms with van der Waals surface area (Å²) in [6, 6.07) is 0.536. The van der Waals surface area contributed by atoms with Crippen molar-refractivity contribution in [2.24, 2.45) is 5.92 Å². The normalized spacial score (nSPS) is 28.0. The molecule has 3 rings (SSSR count). The largest absolute Gasteiger partial charge is 0.396 e. The molecule has 0 spiro atoms. The third kappa shape index (κ3) is 3.27. The number of nitrogens with one attached hydrogen (secondary N) is 2. The zero-order chi connectivity index (χ0) is 15.5. The Hall–Kier alpha value is -1.56. The third-order valence-electron chi connectivity index (χ3n) is 5.29. The van der Waals surface area contributed by atoms with Crippen molar-refractivity contribution >= 4 is 6.03 Å². The molecule has 1 heterocycles. The minimum Gasteiger partial charge on any atom is -0.396 e. The Bertz CT molecular complexity index is 508. The molecule has 0 radical (unpaired) electrons. The van der Waals surface area contributed by atoms with Crippen molar-refractivity contribution in [3.63, 3.8) is 0 Å². The smallest absolute Gasteiger partial charge is 0.317 e. The Balaban J connectivity index is 1.50. The molecular formula is C16H26N4O2. The first-order valence-corrected chi connectivity index (χ1v) is 8.32. The number of carbonyl (C=O) groups excluding carboxylic acids is 1. The van der Waals surface area contributed by atoms with Crippen LogP contribution >= 0.6 is 0 Å². The summed E-state index contributed by atoms with van der Waals surface area (Å²) >= 11 is 0. The zero-order valence-electron chi connectivity index (χ0n) is 13.2. The summed E-state index contributed by atoms with van der Waals surface area (Å²) in [5.74, 6) is 0.422. The lowest BCUT2D eigenvalue weighted by Gasteiger charge is -2.35. The molecule has 1 aromatic heterocycles. The maximum Gasteiger partial charge on any atom is 0.317 e. The van der Waals surface area contributed by atoms with Crippen LogP contribution < -0.4 is 5.32 Å². The number of urea groups is 1. The number of H-pyrrole nitrogens is 1. The van der Waals surface area contributed by atoms with Gasteiger partial charge in [0.15, 0.2) is 0 Å². The SMILES string of the molecule is CN(C(=O)NC1CCc2[nH]ncc2C1)C1CCC(CO)CC1. The number of aliphatic hydroxyl groups is 1. The molecule has 1 fully saturated rings. The molecule has 6 nitrogen and oxygen atoms in total. The molecule has 22 heavy (non-hydrogen) atoms. The topological polar surface area (TPSA) is 81.2 Å². The van der Waals surface area contributed by atoms with Crippen molar-refractivity contribution in [3.8, 4) is 0 Å². The zero-order valence-corrected chi connectivity index (χ0v) is 13.2. The lowest BCUT2D eigenvalue weighted by Crippen LogP contribution is -2.49. The fourth-order valence-corrected chi connectivity index (χ4v) is 3.70. The van der Waals surface area contributed by atoms with Crippen LogP contribution in [0.5, 0.6) is 0 Å². The van der Waals surface area contributed by atoms with Crippen LogP contribution in [-0.2, 0) is 12.8 Å². The molecule has 2 aliphatic carbocycles. The molecule has 122 valence electrons. The molecule has 1 unspecified atom stereocenters. The van der Waals surface area contributed by atoms with Crippen molar-refractivity contribution in [1.29, 1.82) is 0 Å². The van der Waals surface area contributed by atoms with Crippen LogP contribution in [0.25, 0.3) is 0 Å². The predicted octanol–water partition coefficient (Wildman–Crippen LogP) is 1.46. The van der Waals surface area contributed by atoms with Crippen molar-refractivity contribution in [2.45, 2.75) is 57.0 Å². The van der Waals surface area contributed by atoms with E-state index >= 15 is 0 Å². The summed E-state index contributed by atoms with van der Waals surface area (Å²) in [4.78, 5) is 14.3. The number of aryl methyl sites for hydroxylation is 1. The van der Waals surface area contributed by atoms with Crippen LogP contribution in [0, 0.1) is 5.92 Å². The Labute approximate surface area is 131 Å².